The molecular formula is C18H18N2O5S. The zero-order chi connectivity index (χ0) is 18.1. The maximum absolute atomic E-state index is 12.4. The van der Waals surface area contributed by atoms with Gasteiger partial charge in [-0.25, -0.2) is 4.98 Å². The van der Waals surface area contributed by atoms with Crippen LogP contribution in [0, 0.1) is 11.8 Å². The number of esters is 1. The lowest BCUT2D eigenvalue weighted by molar-refractivity contribution is -0.153. The van der Waals surface area contributed by atoms with Gasteiger partial charge in [-0.2, -0.15) is 0 Å². The van der Waals surface area contributed by atoms with Crippen LogP contribution in [0.1, 0.15) is 31.4 Å². The number of aromatic nitrogens is 1. The van der Waals surface area contributed by atoms with E-state index in [9.17, 15) is 14.4 Å². The van der Waals surface area contributed by atoms with E-state index in [1.807, 2.05) is 0 Å². The SMILES string of the molecule is O=C(CN1C(=O)C2CCCCC2C1=O)OCc1csc(-c2ccco2)n1. The first-order chi connectivity index (χ1) is 12.6. The summed E-state index contributed by atoms with van der Waals surface area (Å²) < 4.78 is 10.5. The molecule has 0 bridgehead atoms. The van der Waals surface area contributed by atoms with Gasteiger partial charge < -0.3 is 9.15 Å². The van der Waals surface area contributed by atoms with E-state index in [1.165, 1.54) is 11.3 Å². The molecule has 1 saturated heterocycles. The van der Waals surface area contributed by atoms with Crippen LogP contribution in [0.2, 0.25) is 0 Å². The van der Waals surface area contributed by atoms with E-state index in [0.717, 1.165) is 30.6 Å². The summed E-state index contributed by atoms with van der Waals surface area (Å²) in [5.74, 6) is -0.908. The third-order valence-electron chi connectivity index (χ3n) is 4.88. The van der Waals surface area contributed by atoms with E-state index in [4.69, 9.17) is 9.15 Å². The second kappa shape index (κ2) is 7.03. The Morgan fingerprint density at radius 1 is 1.27 bits per heavy atom. The molecule has 2 atom stereocenters. The van der Waals surface area contributed by atoms with Gasteiger partial charge >= 0.3 is 5.97 Å². The van der Waals surface area contributed by atoms with E-state index in [0.29, 0.717) is 16.5 Å². The molecule has 2 aromatic heterocycles. The molecule has 2 aromatic rings. The summed E-state index contributed by atoms with van der Waals surface area (Å²) >= 11 is 1.39. The number of ether oxygens (including phenoxy) is 1. The van der Waals surface area contributed by atoms with Crippen molar-refractivity contribution in [3.05, 3.63) is 29.5 Å². The third kappa shape index (κ3) is 3.16. The molecule has 0 spiro atoms. The fourth-order valence-corrected chi connectivity index (χ4v) is 4.37. The Kier molecular flexibility index (Phi) is 4.58. The Morgan fingerprint density at radius 2 is 2.00 bits per heavy atom. The minimum Gasteiger partial charge on any atom is -0.462 e. The van der Waals surface area contributed by atoms with E-state index in [1.54, 1.807) is 23.8 Å². The first kappa shape index (κ1) is 17.0. The molecule has 2 amide bonds. The van der Waals surface area contributed by atoms with Crippen molar-refractivity contribution in [1.29, 1.82) is 0 Å². The Labute approximate surface area is 154 Å². The highest BCUT2D eigenvalue weighted by atomic mass is 32.1. The highest BCUT2D eigenvalue weighted by Crippen LogP contribution is 2.37. The number of nitrogens with zero attached hydrogens (tertiary/aromatic N) is 2. The summed E-state index contributed by atoms with van der Waals surface area (Å²) in [7, 11) is 0. The van der Waals surface area contributed by atoms with Crippen LogP contribution in [0.15, 0.2) is 28.2 Å². The van der Waals surface area contributed by atoms with Crippen molar-refractivity contribution in [3.63, 3.8) is 0 Å². The average molecular weight is 374 g/mol. The minimum atomic E-state index is -0.599. The normalized spacial score (nSPS) is 22.5. The fourth-order valence-electron chi connectivity index (χ4n) is 3.60. The van der Waals surface area contributed by atoms with Gasteiger partial charge in [-0.05, 0) is 25.0 Å². The maximum Gasteiger partial charge on any atom is 0.326 e. The summed E-state index contributed by atoms with van der Waals surface area (Å²) in [6.45, 7) is -0.320. The Bertz CT molecular complexity index is 805. The number of carbonyl (C=O) groups is 3. The highest BCUT2D eigenvalue weighted by Gasteiger charge is 2.48. The fraction of sp³-hybridized carbons (Fsp3) is 0.444. The number of imide groups is 1. The van der Waals surface area contributed by atoms with Crippen molar-refractivity contribution >= 4 is 29.1 Å². The number of furan rings is 1. The molecule has 2 fully saturated rings. The number of hydrogen-bond acceptors (Lipinski definition) is 7. The highest BCUT2D eigenvalue weighted by molar-refractivity contribution is 7.13. The van der Waals surface area contributed by atoms with Crippen LogP contribution < -0.4 is 0 Å². The number of hydrogen-bond donors (Lipinski definition) is 0. The van der Waals surface area contributed by atoms with Gasteiger partial charge in [-0.15, -0.1) is 11.3 Å². The zero-order valence-corrected chi connectivity index (χ0v) is 14.9. The quantitative estimate of drug-likeness (QED) is 0.590. The van der Waals surface area contributed by atoms with Crippen LogP contribution in [0.4, 0.5) is 0 Å². The second-order valence-corrected chi connectivity index (χ2v) is 7.40. The summed E-state index contributed by atoms with van der Waals surface area (Å²) in [4.78, 5) is 42.2. The standard InChI is InChI=1S/C18H18N2O5S/c21-15(8-20-17(22)12-4-1-2-5-13(12)18(20)23)25-9-11-10-26-16(19-11)14-6-3-7-24-14/h3,6-7,10,12-13H,1-2,4-5,8-9H2. The predicted molar refractivity (Wildman–Crippen MR) is 91.8 cm³/mol. The second-order valence-electron chi connectivity index (χ2n) is 6.54. The molecule has 26 heavy (non-hydrogen) atoms. The Morgan fingerprint density at radius 3 is 2.65 bits per heavy atom. The van der Waals surface area contributed by atoms with Gasteiger partial charge in [-0.1, -0.05) is 12.8 Å². The van der Waals surface area contributed by atoms with E-state index in [2.05, 4.69) is 4.98 Å². The van der Waals surface area contributed by atoms with Crippen molar-refractivity contribution < 1.29 is 23.5 Å². The number of fused-ring (bicyclic) bond motifs is 1. The molecule has 1 aliphatic heterocycles. The van der Waals surface area contributed by atoms with Crippen LogP contribution in [0.5, 0.6) is 0 Å². The molecule has 4 rings (SSSR count). The lowest BCUT2D eigenvalue weighted by Crippen LogP contribution is -2.36. The lowest BCUT2D eigenvalue weighted by atomic mass is 9.81. The summed E-state index contributed by atoms with van der Waals surface area (Å²) in [5, 5.41) is 2.49. The number of thiazole rings is 1. The first-order valence-electron chi connectivity index (χ1n) is 8.62. The number of rotatable bonds is 5. The van der Waals surface area contributed by atoms with Crippen LogP contribution in [-0.4, -0.2) is 34.2 Å². The topological polar surface area (TPSA) is 89.7 Å². The Balaban J connectivity index is 1.33. The smallest absolute Gasteiger partial charge is 0.326 e. The molecule has 8 heteroatoms. The van der Waals surface area contributed by atoms with E-state index >= 15 is 0 Å². The van der Waals surface area contributed by atoms with Gasteiger partial charge in [0.1, 0.15) is 13.2 Å². The largest absolute Gasteiger partial charge is 0.462 e. The van der Waals surface area contributed by atoms with Crippen LogP contribution in [0.3, 0.4) is 0 Å². The van der Waals surface area contributed by atoms with Crippen molar-refractivity contribution in [2.75, 3.05) is 6.54 Å². The zero-order valence-electron chi connectivity index (χ0n) is 14.1. The number of carbonyl (C=O) groups excluding carboxylic acids is 3. The molecule has 2 unspecified atom stereocenters. The first-order valence-corrected chi connectivity index (χ1v) is 9.50. The minimum absolute atomic E-state index is 0.000873. The van der Waals surface area contributed by atoms with Crippen molar-refractivity contribution in [3.8, 4) is 10.8 Å². The van der Waals surface area contributed by atoms with Gasteiger partial charge in [0.15, 0.2) is 10.8 Å². The number of amides is 2. The van der Waals surface area contributed by atoms with Gasteiger partial charge in [-0.3, -0.25) is 19.3 Å². The molecule has 0 aromatic carbocycles. The van der Waals surface area contributed by atoms with Crippen LogP contribution >= 0.6 is 11.3 Å². The molecule has 0 radical (unpaired) electrons. The van der Waals surface area contributed by atoms with Gasteiger partial charge in [0.05, 0.1) is 23.8 Å². The predicted octanol–water partition coefficient (Wildman–Crippen LogP) is 2.62. The molecule has 1 saturated carbocycles. The summed E-state index contributed by atoms with van der Waals surface area (Å²) in [6, 6.07) is 3.58. The molecule has 3 heterocycles. The van der Waals surface area contributed by atoms with Crippen molar-refractivity contribution in [2.45, 2.75) is 32.3 Å². The van der Waals surface area contributed by atoms with E-state index in [-0.39, 0.29) is 36.8 Å². The molecule has 7 nitrogen and oxygen atoms in total. The third-order valence-corrected chi connectivity index (χ3v) is 5.79. The maximum atomic E-state index is 12.4. The van der Waals surface area contributed by atoms with Crippen molar-refractivity contribution in [1.82, 2.24) is 9.88 Å². The molecule has 1 aliphatic carbocycles. The molecule has 2 aliphatic rings. The van der Waals surface area contributed by atoms with Gasteiger partial charge in [0.25, 0.3) is 0 Å². The molecule has 136 valence electrons. The summed E-state index contributed by atoms with van der Waals surface area (Å²) in [6.07, 6.45) is 4.95. The van der Waals surface area contributed by atoms with Crippen LogP contribution in [-0.2, 0) is 25.7 Å². The molecular weight excluding hydrogens is 356 g/mol. The number of likely N-dealkylation sites (tertiary alicyclic amines) is 1. The Hall–Kier alpha value is -2.48. The van der Waals surface area contributed by atoms with Crippen LogP contribution in [0.25, 0.3) is 10.8 Å². The lowest BCUT2D eigenvalue weighted by Gasteiger charge is -2.19. The van der Waals surface area contributed by atoms with Gasteiger partial charge in [0.2, 0.25) is 11.8 Å². The van der Waals surface area contributed by atoms with Gasteiger partial charge in [0, 0.05) is 5.38 Å². The van der Waals surface area contributed by atoms with E-state index < -0.39 is 5.97 Å². The molecule has 0 N–H and O–H groups in total. The van der Waals surface area contributed by atoms with Crippen molar-refractivity contribution in [2.24, 2.45) is 11.8 Å². The summed E-state index contributed by atoms with van der Waals surface area (Å²) in [5.41, 5.74) is 0.600. The monoisotopic (exact) mass is 374 g/mol. The average Bonchev–Trinajstić information content (AvgIpc) is 3.38.